The number of carbonyl (C=O) groups excluding carboxylic acids is 1. The van der Waals surface area contributed by atoms with Crippen molar-refractivity contribution < 1.29 is 14.6 Å². The molecule has 0 aromatic heterocycles. The first kappa shape index (κ1) is 17.4. The fourth-order valence-electron chi connectivity index (χ4n) is 1.45. The van der Waals surface area contributed by atoms with Gasteiger partial charge < -0.3 is 15.6 Å². The van der Waals surface area contributed by atoms with Crippen molar-refractivity contribution in [2.75, 3.05) is 6.61 Å². The van der Waals surface area contributed by atoms with Gasteiger partial charge in [0.05, 0.1) is 15.1 Å². The molecule has 0 aliphatic carbocycles. The average molecular weight is 341 g/mol. The lowest BCUT2D eigenvalue weighted by Gasteiger charge is -2.37. The molecular formula is C13H16Cl3NO3. The monoisotopic (exact) mass is 339 g/mol. The number of hydrogen-bond donors (Lipinski definition) is 2. The molecular weight excluding hydrogens is 325 g/mol. The number of carbonyl (C=O) groups is 1. The largest absolute Gasteiger partial charge is 0.488 e. The van der Waals surface area contributed by atoms with E-state index in [9.17, 15) is 9.90 Å². The molecule has 0 saturated heterocycles. The van der Waals surface area contributed by atoms with Crippen molar-refractivity contribution in [3.8, 4) is 5.75 Å². The van der Waals surface area contributed by atoms with Crippen molar-refractivity contribution in [1.29, 1.82) is 0 Å². The zero-order valence-corrected chi connectivity index (χ0v) is 13.6. The summed E-state index contributed by atoms with van der Waals surface area (Å²) in [6.07, 6.45) is 0. The quantitative estimate of drug-likeness (QED) is 0.826. The number of halogens is 3. The van der Waals surface area contributed by atoms with Crippen molar-refractivity contribution in [2.45, 2.75) is 26.4 Å². The first-order valence-electron chi connectivity index (χ1n) is 5.78. The minimum atomic E-state index is -1.84. The molecule has 0 saturated carbocycles. The van der Waals surface area contributed by atoms with E-state index >= 15 is 0 Å². The van der Waals surface area contributed by atoms with E-state index in [4.69, 9.17) is 45.3 Å². The molecule has 0 heterocycles. The van der Waals surface area contributed by atoms with Crippen molar-refractivity contribution in [1.82, 2.24) is 0 Å². The van der Waals surface area contributed by atoms with E-state index in [1.165, 1.54) is 12.1 Å². The number of aliphatic hydroxyl groups is 1. The van der Waals surface area contributed by atoms with Gasteiger partial charge >= 0.3 is 0 Å². The van der Waals surface area contributed by atoms with E-state index in [-0.39, 0.29) is 27.4 Å². The third-order valence-electron chi connectivity index (χ3n) is 3.06. The second-order valence-corrected chi connectivity index (χ2v) is 6.68. The van der Waals surface area contributed by atoms with Crippen LogP contribution in [0, 0.1) is 5.41 Å². The number of rotatable bonds is 4. The molecule has 0 aliphatic heterocycles. The molecule has 0 bridgehead atoms. The maximum Gasteiger partial charge on any atom is 0.253 e. The van der Waals surface area contributed by atoms with Crippen LogP contribution >= 0.6 is 34.8 Å². The molecule has 0 aliphatic rings. The lowest BCUT2D eigenvalue weighted by molar-refractivity contribution is -0.154. The van der Waals surface area contributed by atoms with Gasteiger partial charge in [-0.2, -0.15) is 0 Å². The molecule has 1 aromatic carbocycles. The normalized spacial score (nSPS) is 14.8. The molecule has 1 amide bonds. The summed E-state index contributed by atoms with van der Waals surface area (Å²) in [5.41, 5.74) is 2.62. The third kappa shape index (κ3) is 3.50. The minimum absolute atomic E-state index is 0.213. The molecule has 1 rings (SSSR count). The Bertz CT molecular complexity index is 528. The van der Waals surface area contributed by atoms with E-state index in [2.05, 4.69) is 0 Å². The Morgan fingerprint density at radius 1 is 1.20 bits per heavy atom. The first-order chi connectivity index (χ1) is 8.99. The van der Waals surface area contributed by atoms with Crippen LogP contribution in [0.1, 0.15) is 20.8 Å². The highest BCUT2D eigenvalue weighted by molar-refractivity contribution is 6.43. The maximum atomic E-state index is 11.5. The van der Waals surface area contributed by atoms with E-state index in [0.29, 0.717) is 0 Å². The lowest BCUT2D eigenvalue weighted by atomic mass is 9.76. The Morgan fingerprint density at radius 2 is 1.70 bits per heavy atom. The smallest absolute Gasteiger partial charge is 0.253 e. The van der Waals surface area contributed by atoms with Crippen molar-refractivity contribution >= 4 is 40.7 Å². The van der Waals surface area contributed by atoms with E-state index in [1.807, 2.05) is 0 Å². The highest BCUT2D eigenvalue weighted by atomic mass is 35.5. The summed E-state index contributed by atoms with van der Waals surface area (Å²) >= 11 is 17.6. The van der Waals surface area contributed by atoms with Gasteiger partial charge in [0.15, 0.2) is 5.60 Å². The van der Waals surface area contributed by atoms with Gasteiger partial charge in [0.25, 0.3) is 5.91 Å². The molecule has 7 heteroatoms. The zero-order valence-electron chi connectivity index (χ0n) is 11.3. The number of amides is 1. The summed E-state index contributed by atoms with van der Waals surface area (Å²) in [6, 6.07) is 2.83. The molecule has 0 radical (unpaired) electrons. The van der Waals surface area contributed by atoms with Gasteiger partial charge in [0, 0.05) is 11.5 Å². The fraction of sp³-hybridized carbons (Fsp3) is 0.462. The van der Waals surface area contributed by atoms with Crippen molar-refractivity contribution in [2.24, 2.45) is 11.1 Å². The van der Waals surface area contributed by atoms with Crippen LogP contribution in [0.4, 0.5) is 0 Å². The van der Waals surface area contributed by atoms with Crippen LogP contribution in [0.5, 0.6) is 5.75 Å². The summed E-state index contributed by atoms with van der Waals surface area (Å²) in [5.74, 6) is -0.661. The van der Waals surface area contributed by atoms with Gasteiger partial charge in [-0.05, 0) is 6.07 Å². The summed E-state index contributed by atoms with van der Waals surface area (Å²) in [7, 11) is 0. The van der Waals surface area contributed by atoms with Crippen LogP contribution in [0.15, 0.2) is 12.1 Å². The predicted octanol–water partition coefficient (Wildman–Crippen LogP) is 3.29. The topological polar surface area (TPSA) is 72.6 Å². The third-order valence-corrected chi connectivity index (χ3v) is 4.08. The summed E-state index contributed by atoms with van der Waals surface area (Å²) in [5, 5.41) is 11.2. The van der Waals surface area contributed by atoms with Crippen LogP contribution in [0.25, 0.3) is 0 Å². The average Bonchev–Trinajstić information content (AvgIpc) is 2.29. The standard InChI is InChI=1S/C13H16Cl3NO3/c1-12(2,3)13(19,11(17)18)6-20-10-5-8(15)7(14)4-9(10)16/h4-5,19H,6H2,1-3H3,(H2,17,18). The Balaban J connectivity index is 3.01. The predicted molar refractivity (Wildman–Crippen MR) is 80.6 cm³/mol. The van der Waals surface area contributed by atoms with Crippen molar-refractivity contribution in [3.63, 3.8) is 0 Å². The summed E-state index contributed by atoms with van der Waals surface area (Å²) < 4.78 is 5.40. The Labute approximate surface area is 132 Å². The van der Waals surface area contributed by atoms with Crippen LogP contribution in [-0.2, 0) is 4.79 Å². The highest BCUT2D eigenvalue weighted by Gasteiger charge is 2.46. The van der Waals surface area contributed by atoms with Gasteiger partial charge in [0.2, 0.25) is 0 Å². The first-order valence-corrected chi connectivity index (χ1v) is 6.92. The molecule has 3 N–H and O–H groups in total. The van der Waals surface area contributed by atoms with Crippen LogP contribution in [-0.4, -0.2) is 23.2 Å². The molecule has 1 atom stereocenters. The highest BCUT2D eigenvalue weighted by Crippen LogP contribution is 2.36. The fourth-order valence-corrected chi connectivity index (χ4v) is 2.05. The van der Waals surface area contributed by atoms with Crippen LogP contribution < -0.4 is 10.5 Å². The van der Waals surface area contributed by atoms with Gasteiger partial charge in [-0.1, -0.05) is 55.6 Å². The molecule has 0 fully saturated rings. The SMILES string of the molecule is CC(C)(C)C(O)(COc1cc(Cl)c(Cl)cc1Cl)C(N)=O. The number of benzene rings is 1. The molecule has 112 valence electrons. The van der Waals surface area contributed by atoms with Crippen LogP contribution in [0.2, 0.25) is 15.1 Å². The lowest BCUT2D eigenvalue weighted by Crippen LogP contribution is -2.57. The molecule has 4 nitrogen and oxygen atoms in total. The van der Waals surface area contributed by atoms with E-state index in [0.717, 1.165) is 0 Å². The van der Waals surface area contributed by atoms with Gasteiger partial charge in [-0.3, -0.25) is 4.79 Å². The minimum Gasteiger partial charge on any atom is -0.488 e. The summed E-state index contributed by atoms with van der Waals surface area (Å²) in [4.78, 5) is 11.5. The van der Waals surface area contributed by atoms with Crippen molar-refractivity contribution in [3.05, 3.63) is 27.2 Å². The number of nitrogens with two attached hydrogens (primary N) is 1. The van der Waals surface area contributed by atoms with Gasteiger partial charge in [-0.15, -0.1) is 0 Å². The Kier molecular flexibility index (Phi) is 5.19. The molecule has 0 spiro atoms. The Hall–Kier alpha value is -0.680. The second kappa shape index (κ2) is 5.98. The maximum absolute atomic E-state index is 11.5. The molecule has 1 unspecified atom stereocenters. The van der Waals surface area contributed by atoms with E-state index in [1.54, 1.807) is 20.8 Å². The second-order valence-electron chi connectivity index (χ2n) is 5.46. The van der Waals surface area contributed by atoms with E-state index < -0.39 is 16.9 Å². The number of hydrogen-bond acceptors (Lipinski definition) is 3. The number of primary amides is 1. The zero-order chi connectivity index (χ0) is 15.7. The Morgan fingerprint density at radius 3 is 2.15 bits per heavy atom. The van der Waals surface area contributed by atoms with Gasteiger partial charge in [-0.25, -0.2) is 0 Å². The number of ether oxygens (including phenoxy) is 1. The molecule has 20 heavy (non-hydrogen) atoms. The molecule has 1 aromatic rings. The summed E-state index contributed by atoms with van der Waals surface area (Å²) in [6.45, 7) is 4.69. The van der Waals surface area contributed by atoms with Crippen LogP contribution in [0.3, 0.4) is 0 Å². The van der Waals surface area contributed by atoms with Gasteiger partial charge in [0.1, 0.15) is 12.4 Å².